The third kappa shape index (κ3) is 2.78. The number of ether oxygens (including phenoxy) is 1. The van der Waals surface area contributed by atoms with Gasteiger partial charge in [-0.05, 0) is 29.8 Å². The van der Waals surface area contributed by atoms with E-state index in [0.29, 0.717) is 5.02 Å². The minimum Gasteiger partial charge on any atom is -0.383 e. The summed E-state index contributed by atoms with van der Waals surface area (Å²) in [7, 11) is -2.02. The first-order valence-corrected chi connectivity index (χ1v) is 9.16. The predicted molar refractivity (Wildman–Crippen MR) is 90.4 cm³/mol. The molecule has 1 aliphatic carbocycles. The molecule has 4 nitrogen and oxygen atoms in total. The van der Waals surface area contributed by atoms with E-state index in [4.69, 9.17) is 22.1 Å². The minimum atomic E-state index is -3.54. The number of sulfone groups is 1. The van der Waals surface area contributed by atoms with E-state index in [1.54, 1.807) is 42.5 Å². The van der Waals surface area contributed by atoms with Gasteiger partial charge in [-0.3, -0.25) is 0 Å². The Morgan fingerprint density at radius 3 is 2.30 bits per heavy atom. The average molecular weight is 352 g/mol. The maximum absolute atomic E-state index is 13.0. The highest BCUT2D eigenvalue weighted by Crippen LogP contribution is 2.55. The summed E-state index contributed by atoms with van der Waals surface area (Å²) in [5.41, 5.74) is 6.33. The van der Waals surface area contributed by atoms with E-state index in [1.807, 2.05) is 12.1 Å². The van der Waals surface area contributed by atoms with Crippen LogP contribution in [0.2, 0.25) is 5.02 Å². The van der Waals surface area contributed by atoms with Gasteiger partial charge in [0, 0.05) is 18.1 Å². The molecule has 0 saturated heterocycles. The van der Waals surface area contributed by atoms with Crippen molar-refractivity contribution in [3.8, 4) is 0 Å². The highest BCUT2D eigenvalue weighted by molar-refractivity contribution is 7.92. The zero-order valence-electron chi connectivity index (χ0n) is 12.6. The van der Waals surface area contributed by atoms with Crippen molar-refractivity contribution in [3.63, 3.8) is 0 Å². The molecule has 122 valence electrons. The van der Waals surface area contributed by atoms with Crippen molar-refractivity contribution in [2.24, 2.45) is 5.73 Å². The lowest BCUT2D eigenvalue weighted by Crippen LogP contribution is -2.35. The van der Waals surface area contributed by atoms with Crippen LogP contribution >= 0.6 is 11.6 Å². The lowest BCUT2D eigenvalue weighted by atomic mass is 10.1. The Balaban J connectivity index is 2.01. The molecule has 2 aromatic rings. The molecule has 0 unspecified atom stereocenters. The SMILES string of the molecule is COC[C@]1(N)[C@@H](c2ccc(Cl)cc2)[C@@H]1S(=O)(=O)c1ccccc1. The molecule has 0 aromatic heterocycles. The first-order chi connectivity index (χ1) is 10.9. The summed E-state index contributed by atoms with van der Waals surface area (Å²) in [6.45, 7) is 0.178. The van der Waals surface area contributed by atoms with Gasteiger partial charge in [-0.15, -0.1) is 0 Å². The highest BCUT2D eigenvalue weighted by atomic mass is 35.5. The Hall–Kier alpha value is -1.40. The van der Waals surface area contributed by atoms with Crippen LogP contribution in [0.15, 0.2) is 59.5 Å². The summed E-state index contributed by atoms with van der Waals surface area (Å²) in [6, 6.07) is 15.5. The van der Waals surface area contributed by atoms with Crippen LogP contribution in [0.3, 0.4) is 0 Å². The summed E-state index contributed by atoms with van der Waals surface area (Å²) >= 11 is 5.92. The van der Waals surface area contributed by atoms with Crippen LogP contribution in [0.25, 0.3) is 0 Å². The molecular formula is C17H18ClNO3S. The molecule has 3 rings (SSSR count). The number of rotatable bonds is 5. The third-order valence-electron chi connectivity index (χ3n) is 4.33. The Labute approximate surface area is 141 Å². The fourth-order valence-electron chi connectivity index (χ4n) is 3.22. The van der Waals surface area contributed by atoms with Gasteiger partial charge in [-0.2, -0.15) is 0 Å². The molecule has 0 spiro atoms. The first-order valence-electron chi connectivity index (χ1n) is 7.23. The van der Waals surface area contributed by atoms with Crippen LogP contribution in [-0.2, 0) is 14.6 Å². The van der Waals surface area contributed by atoms with Crippen molar-refractivity contribution in [1.29, 1.82) is 0 Å². The number of hydrogen-bond donors (Lipinski definition) is 1. The molecule has 0 heterocycles. The third-order valence-corrected chi connectivity index (χ3v) is 6.89. The van der Waals surface area contributed by atoms with Crippen LogP contribution in [-0.4, -0.2) is 32.9 Å². The zero-order chi connectivity index (χ0) is 16.7. The topological polar surface area (TPSA) is 69.4 Å². The second-order valence-corrected chi connectivity index (χ2v) is 8.36. The molecule has 6 heteroatoms. The molecular weight excluding hydrogens is 334 g/mol. The molecule has 0 bridgehead atoms. The van der Waals surface area contributed by atoms with Crippen molar-refractivity contribution >= 4 is 21.4 Å². The lowest BCUT2D eigenvalue weighted by molar-refractivity contribution is 0.171. The van der Waals surface area contributed by atoms with Gasteiger partial charge in [0.2, 0.25) is 0 Å². The molecule has 0 radical (unpaired) electrons. The minimum absolute atomic E-state index is 0.178. The molecule has 0 aliphatic heterocycles. The second-order valence-electron chi connectivity index (χ2n) is 5.85. The van der Waals surface area contributed by atoms with Gasteiger partial charge in [0.15, 0.2) is 9.84 Å². The number of methoxy groups -OCH3 is 1. The molecule has 1 aliphatic rings. The van der Waals surface area contributed by atoms with Crippen molar-refractivity contribution in [3.05, 3.63) is 65.2 Å². The second kappa shape index (κ2) is 5.91. The van der Waals surface area contributed by atoms with Gasteiger partial charge < -0.3 is 10.5 Å². The Kier molecular flexibility index (Phi) is 4.23. The molecule has 2 aromatic carbocycles. The smallest absolute Gasteiger partial charge is 0.183 e. The summed E-state index contributed by atoms with van der Waals surface area (Å²) in [5, 5.41) is -0.107. The maximum Gasteiger partial charge on any atom is 0.183 e. The van der Waals surface area contributed by atoms with Gasteiger partial charge >= 0.3 is 0 Å². The average Bonchev–Trinajstić information content (AvgIpc) is 3.15. The molecule has 1 fully saturated rings. The molecule has 0 amide bonds. The van der Waals surface area contributed by atoms with Crippen LogP contribution in [0.1, 0.15) is 11.5 Å². The van der Waals surface area contributed by atoms with E-state index in [-0.39, 0.29) is 17.4 Å². The summed E-state index contributed by atoms with van der Waals surface area (Å²) in [5.74, 6) is -0.315. The van der Waals surface area contributed by atoms with Gasteiger partial charge in [0.25, 0.3) is 0 Å². The monoisotopic (exact) mass is 351 g/mol. The number of nitrogens with two attached hydrogens (primary N) is 1. The van der Waals surface area contributed by atoms with E-state index in [1.165, 1.54) is 7.11 Å². The highest BCUT2D eigenvalue weighted by Gasteiger charge is 2.69. The van der Waals surface area contributed by atoms with E-state index in [9.17, 15) is 8.42 Å². The van der Waals surface area contributed by atoms with E-state index >= 15 is 0 Å². The van der Waals surface area contributed by atoms with Crippen molar-refractivity contribution in [1.82, 2.24) is 0 Å². The van der Waals surface area contributed by atoms with Crippen LogP contribution in [0, 0.1) is 0 Å². The fraction of sp³-hybridized carbons (Fsp3) is 0.294. The van der Waals surface area contributed by atoms with Crippen LogP contribution in [0.4, 0.5) is 0 Å². The Morgan fingerprint density at radius 2 is 1.74 bits per heavy atom. The van der Waals surface area contributed by atoms with Crippen molar-refractivity contribution in [2.75, 3.05) is 13.7 Å². The summed E-state index contributed by atoms with van der Waals surface area (Å²) in [4.78, 5) is 0.285. The molecule has 1 saturated carbocycles. The zero-order valence-corrected chi connectivity index (χ0v) is 14.2. The maximum atomic E-state index is 13.0. The number of hydrogen-bond acceptors (Lipinski definition) is 4. The largest absolute Gasteiger partial charge is 0.383 e. The van der Waals surface area contributed by atoms with Crippen LogP contribution < -0.4 is 5.73 Å². The van der Waals surface area contributed by atoms with E-state index < -0.39 is 20.6 Å². The van der Waals surface area contributed by atoms with E-state index in [2.05, 4.69) is 0 Å². The molecule has 23 heavy (non-hydrogen) atoms. The van der Waals surface area contributed by atoms with Crippen molar-refractivity contribution in [2.45, 2.75) is 21.6 Å². The van der Waals surface area contributed by atoms with Gasteiger partial charge in [-0.1, -0.05) is 41.9 Å². The van der Waals surface area contributed by atoms with Crippen LogP contribution in [0.5, 0.6) is 0 Å². The Morgan fingerprint density at radius 1 is 1.13 bits per heavy atom. The lowest BCUT2D eigenvalue weighted by Gasteiger charge is -2.11. The number of halogens is 1. The number of benzene rings is 2. The van der Waals surface area contributed by atoms with Gasteiger partial charge in [-0.25, -0.2) is 8.42 Å². The van der Waals surface area contributed by atoms with Gasteiger partial charge in [0.1, 0.15) is 0 Å². The fourth-order valence-corrected chi connectivity index (χ4v) is 5.66. The standard InChI is InChI=1S/C17H18ClNO3S/c1-22-11-17(19)15(12-7-9-13(18)10-8-12)16(17)23(20,21)14-5-3-2-4-6-14/h2-10,15-16H,11,19H2,1H3/t15-,16-,17-/m0/s1. The molecule has 3 atom stereocenters. The summed E-state index contributed by atoms with van der Waals surface area (Å²) in [6.07, 6.45) is 0. The Bertz CT molecular complexity index is 792. The first kappa shape index (κ1) is 16.5. The van der Waals surface area contributed by atoms with Crippen molar-refractivity contribution < 1.29 is 13.2 Å². The van der Waals surface area contributed by atoms with Gasteiger partial charge in [0.05, 0.1) is 22.3 Å². The molecule has 2 N–H and O–H groups in total. The quantitative estimate of drug-likeness (QED) is 0.899. The normalized spacial score (nSPS) is 26.9. The van der Waals surface area contributed by atoms with E-state index in [0.717, 1.165) is 5.56 Å². The predicted octanol–water partition coefficient (Wildman–Crippen LogP) is 2.62. The summed E-state index contributed by atoms with van der Waals surface area (Å²) < 4.78 is 31.1.